The molecule has 3 heteroatoms. The molecule has 0 aromatic carbocycles. The number of hydrogen-bond acceptors (Lipinski definition) is 3. The summed E-state index contributed by atoms with van der Waals surface area (Å²) in [7, 11) is 0. The van der Waals surface area contributed by atoms with Gasteiger partial charge in [-0.25, -0.2) is 0 Å². The Bertz CT molecular complexity index is 398. The highest BCUT2D eigenvalue weighted by molar-refractivity contribution is 6.00. The average molecular weight is 293 g/mol. The van der Waals surface area contributed by atoms with Crippen molar-refractivity contribution in [3.8, 4) is 0 Å². The summed E-state index contributed by atoms with van der Waals surface area (Å²) in [5, 5.41) is 0. The van der Waals surface area contributed by atoms with E-state index in [0.29, 0.717) is 13.0 Å². The summed E-state index contributed by atoms with van der Waals surface area (Å²) in [5.74, 6) is -0.0927. The molecule has 0 aliphatic carbocycles. The van der Waals surface area contributed by atoms with Crippen molar-refractivity contribution in [2.75, 3.05) is 13.2 Å². The van der Waals surface area contributed by atoms with Crippen molar-refractivity contribution in [1.29, 1.82) is 0 Å². The van der Waals surface area contributed by atoms with Gasteiger partial charge in [0.05, 0.1) is 6.61 Å². The molecular formula is C18H31NO2. The van der Waals surface area contributed by atoms with Crippen molar-refractivity contribution in [2.45, 2.75) is 72.6 Å². The van der Waals surface area contributed by atoms with Crippen LogP contribution < -0.4 is 0 Å². The number of nitrogens with zero attached hydrogens (tertiary/aromatic N) is 1. The highest BCUT2D eigenvalue weighted by Gasteiger charge is 2.27. The number of ether oxygens (including phenoxy) is 1. The zero-order valence-corrected chi connectivity index (χ0v) is 14.2. The number of dihydropyridines is 1. The van der Waals surface area contributed by atoms with E-state index in [4.69, 9.17) is 9.73 Å². The van der Waals surface area contributed by atoms with Gasteiger partial charge in [-0.3, -0.25) is 9.79 Å². The van der Waals surface area contributed by atoms with E-state index in [-0.39, 0.29) is 11.4 Å². The molecule has 0 N–H and O–H groups in total. The first-order valence-corrected chi connectivity index (χ1v) is 8.45. The quantitative estimate of drug-likeness (QED) is 0.578. The second kappa shape index (κ2) is 9.01. The van der Waals surface area contributed by atoms with Gasteiger partial charge >= 0.3 is 5.97 Å². The van der Waals surface area contributed by atoms with Crippen LogP contribution in [0.4, 0.5) is 0 Å². The lowest BCUT2D eigenvalue weighted by Gasteiger charge is -2.30. The SMILES string of the molecule is CCCCC1=NC[C@](C)(CCC(=O)OCC)C=C1CCC. The highest BCUT2D eigenvalue weighted by Crippen LogP contribution is 2.33. The minimum absolute atomic E-state index is 0.00692. The molecule has 0 spiro atoms. The molecular weight excluding hydrogens is 262 g/mol. The monoisotopic (exact) mass is 293 g/mol. The summed E-state index contributed by atoms with van der Waals surface area (Å²) in [6, 6.07) is 0. The second-order valence-corrected chi connectivity index (χ2v) is 6.25. The van der Waals surface area contributed by atoms with E-state index in [1.165, 1.54) is 24.1 Å². The molecule has 3 nitrogen and oxygen atoms in total. The number of allylic oxidation sites excluding steroid dienone is 1. The van der Waals surface area contributed by atoms with E-state index >= 15 is 0 Å². The lowest BCUT2D eigenvalue weighted by molar-refractivity contribution is -0.143. The Hall–Kier alpha value is -1.12. The summed E-state index contributed by atoms with van der Waals surface area (Å²) in [6.07, 6.45) is 9.44. The van der Waals surface area contributed by atoms with Crippen LogP contribution in [0.1, 0.15) is 72.6 Å². The molecule has 0 saturated heterocycles. The molecule has 0 aromatic heterocycles. The van der Waals surface area contributed by atoms with Gasteiger partial charge in [0, 0.05) is 24.1 Å². The fourth-order valence-electron chi connectivity index (χ4n) is 2.77. The first-order chi connectivity index (χ1) is 10.0. The number of rotatable bonds is 9. The van der Waals surface area contributed by atoms with Crippen LogP contribution in [0.2, 0.25) is 0 Å². The van der Waals surface area contributed by atoms with Gasteiger partial charge in [0.1, 0.15) is 0 Å². The lowest BCUT2D eigenvalue weighted by atomic mass is 9.79. The summed E-state index contributed by atoms with van der Waals surface area (Å²) in [5.41, 5.74) is 2.71. The Morgan fingerprint density at radius 2 is 2.05 bits per heavy atom. The number of unbranched alkanes of at least 4 members (excludes halogenated alkanes) is 1. The Morgan fingerprint density at radius 1 is 1.29 bits per heavy atom. The number of aliphatic imine (C=N–C) groups is 1. The van der Waals surface area contributed by atoms with E-state index in [2.05, 4.69) is 26.8 Å². The largest absolute Gasteiger partial charge is 0.466 e. The smallest absolute Gasteiger partial charge is 0.305 e. The Kier molecular flexibility index (Phi) is 7.69. The Morgan fingerprint density at radius 3 is 2.67 bits per heavy atom. The van der Waals surface area contributed by atoms with Gasteiger partial charge in [-0.05, 0) is 38.2 Å². The van der Waals surface area contributed by atoms with Crippen LogP contribution in [0, 0.1) is 5.41 Å². The normalized spacial score (nSPS) is 21.7. The maximum atomic E-state index is 11.6. The molecule has 1 heterocycles. The third kappa shape index (κ3) is 6.03. The minimum Gasteiger partial charge on any atom is -0.466 e. The van der Waals surface area contributed by atoms with Crippen LogP contribution in [0.5, 0.6) is 0 Å². The molecule has 0 aromatic rings. The van der Waals surface area contributed by atoms with E-state index in [9.17, 15) is 4.79 Å². The van der Waals surface area contributed by atoms with Crippen molar-refractivity contribution in [1.82, 2.24) is 0 Å². The van der Waals surface area contributed by atoms with Crippen molar-refractivity contribution >= 4 is 11.7 Å². The van der Waals surface area contributed by atoms with Crippen LogP contribution in [0.25, 0.3) is 0 Å². The maximum absolute atomic E-state index is 11.6. The van der Waals surface area contributed by atoms with Gasteiger partial charge in [0.15, 0.2) is 0 Å². The lowest BCUT2D eigenvalue weighted by Crippen LogP contribution is -2.26. The molecule has 21 heavy (non-hydrogen) atoms. The highest BCUT2D eigenvalue weighted by atomic mass is 16.5. The predicted molar refractivity (Wildman–Crippen MR) is 88.8 cm³/mol. The molecule has 0 fully saturated rings. The maximum Gasteiger partial charge on any atom is 0.305 e. The zero-order valence-electron chi connectivity index (χ0n) is 14.2. The number of esters is 1. The van der Waals surface area contributed by atoms with Crippen LogP contribution in [0.3, 0.4) is 0 Å². The Labute approximate surface area is 129 Å². The molecule has 1 aliphatic rings. The third-order valence-electron chi connectivity index (χ3n) is 4.02. The van der Waals surface area contributed by atoms with Gasteiger partial charge in [-0.1, -0.05) is 39.7 Å². The summed E-state index contributed by atoms with van der Waals surface area (Å²) < 4.78 is 5.03. The van der Waals surface area contributed by atoms with Gasteiger partial charge in [0.2, 0.25) is 0 Å². The fourth-order valence-corrected chi connectivity index (χ4v) is 2.77. The van der Waals surface area contributed by atoms with Crippen molar-refractivity contribution < 1.29 is 9.53 Å². The molecule has 0 saturated carbocycles. The first kappa shape index (κ1) is 17.9. The van der Waals surface area contributed by atoms with E-state index in [0.717, 1.165) is 32.2 Å². The minimum atomic E-state index is -0.0927. The van der Waals surface area contributed by atoms with Crippen LogP contribution in [-0.2, 0) is 9.53 Å². The molecule has 120 valence electrons. The molecule has 1 aliphatic heterocycles. The standard InChI is InChI=1S/C18H31NO2/c1-5-8-10-16-15(9-6-2)13-18(4,14-19-16)12-11-17(20)21-7-3/h13H,5-12,14H2,1-4H3/t18-/m1/s1. The molecule has 0 bridgehead atoms. The summed E-state index contributed by atoms with van der Waals surface area (Å²) in [4.78, 5) is 16.4. The predicted octanol–water partition coefficient (Wildman–Crippen LogP) is 4.71. The third-order valence-corrected chi connectivity index (χ3v) is 4.02. The number of carbonyl (C=O) groups excluding carboxylic acids is 1. The van der Waals surface area contributed by atoms with Crippen molar-refractivity contribution in [3.05, 3.63) is 11.6 Å². The number of hydrogen-bond donors (Lipinski definition) is 0. The van der Waals surface area contributed by atoms with E-state index in [1.807, 2.05) is 6.92 Å². The van der Waals surface area contributed by atoms with Crippen molar-refractivity contribution in [3.63, 3.8) is 0 Å². The average Bonchev–Trinajstić information content (AvgIpc) is 2.45. The first-order valence-electron chi connectivity index (χ1n) is 8.45. The summed E-state index contributed by atoms with van der Waals surface area (Å²) >= 11 is 0. The van der Waals surface area contributed by atoms with Crippen LogP contribution >= 0.6 is 0 Å². The van der Waals surface area contributed by atoms with E-state index < -0.39 is 0 Å². The summed E-state index contributed by atoms with van der Waals surface area (Å²) in [6.45, 7) is 9.76. The Balaban J connectivity index is 2.68. The van der Waals surface area contributed by atoms with Crippen LogP contribution in [-0.4, -0.2) is 24.8 Å². The molecule has 1 atom stereocenters. The second-order valence-electron chi connectivity index (χ2n) is 6.25. The van der Waals surface area contributed by atoms with Crippen LogP contribution in [0.15, 0.2) is 16.6 Å². The van der Waals surface area contributed by atoms with E-state index in [1.54, 1.807) is 0 Å². The van der Waals surface area contributed by atoms with Gasteiger partial charge in [-0.2, -0.15) is 0 Å². The fraction of sp³-hybridized carbons (Fsp3) is 0.778. The van der Waals surface area contributed by atoms with Crippen molar-refractivity contribution in [2.24, 2.45) is 10.4 Å². The van der Waals surface area contributed by atoms with Gasteiger partial charge < -0.3 is 4.74 Å². The topological polar surface area (TPSA) is 38.7 Å². The number of carbonyl (C=O) groups is 1. The van der Waals surface area contributed by atoms with Gasteiger partial charge in [-0.15, -0.1) is 0 Å². The molecule has 0 amide bonds. The molecule has 0 radical (unpaired) electrons. The molecule has 1 rings (SSSR count). The zero-order chi connectivity index (χ0) is 15.7. The van der Waals surface area contributed by atoms with Gasteiger partial charge in [0.25, 0.3) is 0 Å². The molecule has 0 unspecified atom stereocenters.